The Labute approximate surface area is 139 Å². The number of amides is 2. The lowest BCUT2D eigenvalue weighted by Crippen LogP contribution is -2.41. The number of benzene rings is 1. The van der Waals surface area contributed by atoms with Crippen molar-refractivity contribution in [2.45, 2.75) is 13.0 Å². The van der Waals surface area contributed by atoms with E-state index in [-0.39, 0.29) is 6.04 Å². The zero-order valence-electron chi connectivity index (χ0n) is 13.0. The lowest BCUT2D eigenvalue weighted by Gasteiger charge is -2.23. The maximum atomic E-state index is 11.4. The number of anilines is 1. The maximum Gasteiger partial charge on any atom is 0.317 e. The fourth-order valence-corrected chi connectivity index (χ4v) is 2.66. The van der Waals surface area contributed by atoms with Crippen LogP contribution in [0.25, 0.3) is 0 Å². The molecule has 120 valence electrons. The summed E-state index contributed by atoms with van der Waals surface area (Å²) in [4.78, 5) is 15.5. The number of primary amides is 1. The van der Waals surface area contributed by atoms with Crippen molar-refractivity contribution in [3.05, 3.63) is 71.3 Å². The van der Waals surface area contributed by atoms with Gasteiger partial charge in [-0.25, -0.2) is 10.2 Å². The third-order valence-corrected chi connectivity index (χ3v) is 3.77. The van der Waals surface area contributed by atoms with Gasteiger partial charge in [-0.15, -0.1) is 0 Å². The highest BCUT2D eigenvalue weighted by Gasteiger charge is 2.31. The Morgan fingerprint density at radius 3 is 2.79 bits per heavy atom. The van der Waals surface area contributed by atoms with Gasteiger partial charge >= 0.3 is 6.03 Å². The molecule has 24 heavy (non-hydrogen) atoms. The first kappa shape index (κ1) is 15.5. The molecule has 0 fully saturated rings. The Kier molecular flexibility index (Phi) is 4.14. The second kappa shape index (κ2) is 6.40. The number of rotatable bonds is 3. The molecule has 0 saturated carbocycles. The number of nitriles is 1. The number of hydrazine groups is 1. The SMILES string of the molecule is CC1=C(NC(N)=O)N(c2ccccc2)NC1c1cncc(C#N)c1. The van der Waals surface area contributed by atoms with E-state index in [2.05, 4.69) is 21.8 Å². The lowest BCUT2D eigenvalue weighted by atomic mass is 10.0. The molecule has 2 heterocycles. The van der Waals surface area contributed by atoms with Crippen LogP contribution in [0, 0.1) is 11.3 Å². The molecule has 4 N–H and O–H groups in total. The van der Waals surface area contributed by atoms with Crippen molar-refractivity contribution in [1.29, 1.82) is 5.26 Å². The molecule has 1 atom stereocenters. The van der Waals surface area contributed by atoms with Crippen LogP contribution in [0.5, 0.6) is 0 Å². The van der Waals surface area contributed by atoms with Crippen LogP contribution in [0.3, 0.4) is 0 Å². The van der Waals surface area contributed by atoms with Crippen LogP contribution < -0.4 is 21.5 Å². The molecule has 1 aromatic carbocycles. The Morgan fingerprint density at radius 1 is 1.38 bits per heavy atom. The Morgan fingerprint density at radius 2 is 2.12 bits per heavy atom. The minimum Gasteiger partial charge on any atom is -0.351 e. The predicted octanol–water partition coefficient (Wildman–Crippen LogP) is 1.92. The quantitative estimate of drug-likeness (QED) is 0.801. The molecule has 1 unspecified atom stereocenters. The van der Waals surface area contributed by atoms with Crippen LogP contribution in [-0.2, 0) is 0 Å². The van der Waals surface area contributed by atoms with Gasteiger partial charge in [-0.1, -0.05) is 18.2 Å². The zero-order chi connectivity index (χ0) is 17.1. The number of nitrogens with one attached hydrogen (secondary N) is 2. The number of para-hydroxylation sites is 1. The molecule has 2 amide bonds. The van der Waals surface area contributed by atoms with Crippen molar-refractivity contribution in [3.8, 4) is 6.07 Å². The number of carbonyl (C=O) groups is 1. The first-order chi connectivity index (χ1) is 11.6. The number of nitrogens with zero attached hydrogens (tertiary/aromatic N) is 3. The van der Waals surface area contributed by atoms with E-state index < -0.39 is 6.03 Å². The first-order valence-electron chi connectivity index (χ1n) is 7.34. The van der Waals surface area contributed by atoms with Crippen LogP contribution in [0.15, 0.2) is 60.2 Å². The maximum absolute atomic E-state index is 11.4. The van der Waals surface area contributed by atoms with Crippen molar-refractivity contribution in [3.63, 3.8) is 0 Å². The summed E-state index contributed by atoms with van der Waals surface area (Å²) in [6, 6.07) is 12.5. The van der Waals surface area contributed by atoms with Gasteiger partial charge in [0.15, 0.2) is 0 Å². The van der Waals surface area contributed by atoms with E-state index in [0.717, 1.165) is 16.8 Å². The molecule has 7 nitrogen and oxygen atoms in total. The molecule has 1 aliphatic heterocycles. The van der Waals surface area contributed by atoms with Crippen LogP contribution in [0.2, 0.25) is 0 Å². The van der Waals surface area contributed by atoms with Crippen LogP contribution in [-0.4, -0.2) is 11.0 Å². The van der Waals surface area contributed by atoms with Gasteiger partial charge in [0.25, 0.3) is 0 Å². The third-order valence-electron chi connectivity index (χ3n) is 3.77. The van der Waals surface area contributed by atoms with Gasteiger partial charge in [-0.2, -0.15) is 5.26 Å². The molecule has 7 heteroatoms. The average molecular weight is 320 g/mol. The number of pyridine rings is 1. The van der Waals surface area contributed by atoms with Crippen molar-refractivity contribution in [2.24, 2.45) is 5.73 Å². The van der Waals surface area contributed by atoms with E-state index in [9.17, 15) is 4.79 Å². The number of nitrogens with two attached hydrogens (primary N) is 1. The molecule has 0 aliphatic carbocycles. The van der Waals surface area contributed by atoms with E-state index >= 15 is 0 Å². The van der Waals surface area contributed by atoms with E-state index in [1.165, 1.54) is 6.20 Å². The van der Waals surface area contributed by atoms with Crippen LogP contribution >= 0.6 is 0 Å². The third kappa shape index (κ3) is 2.91. The summed E-state index contributed by atoms with van der Waals surface area (Å²) in [5.74, 6) is 0.570. The highest BCUT2D eigenvalue weighted by atomic mass is 16.2. The number of urea groups is 1. The molecule has 1 aromatic heterocycles. The second-order valence-corrected chi connectivity index (χ2v) is 5.37. The van der Waals surface area contributed by atoms with Gasteiger partial charge in [0.05, 0.1) is 17.3 Å². The monoisotopic (exact) mass is 320 g/mol. The number of hydrogen-bond acceptors (Lipinski definition) is 5. The number of carbonyl (C=O) groups excluding carboxylic acids is 1. The minimum atomic E-state index is -0.642. The van der Waals surface area contributed by atoms with E-state index in [0.29, 0.717) is 11.4 Å². The highest BCUT2D eigenvalue weighted by Crippen LogP contribution is 2.33. The van der Waals surface area contributed by atoms with Crippen LogP contribution in [0.4, 0.5) is 10.5 Å². The van der Waals surface area contributed by atoms with E-state index in [4.69, 9.17) is 11.0 Å². The summed E-state index contributed by atoms with van der Waals surface area (Å²) in [6.07, 6.45) is 3.20. The summed E-state index contributed by atoms with van der Waals surface area (Å²) < 4.78 is 0. The lowest BCUT2D eigenvalue weighted by molar-refractivity contribution is 0.251. The fourth-order valence-electron chi connectivity index (χ4n) is 2.66. The molecule has 2 aromatic rings. The summed E-state index contributed by atoms with van der Waals surface area (Å²) >= 11 is 0. The first-order valence-corrected chi connectivity index (χ1v) is 7.34. The highest BCUT2D eigenvalue weighted by molar-refractivity contribution is 5.76. The number of hydrogen-bond donors (Lipinski definition) is 3. The molecule has 0 spiro atoms. The Balaban J connectivity index is 2.02. The van der Waals surface area contributed by atoms with Crippen molar-refractivity contribution < 1.29 is 4.79 Å². The van der Waals surface area contributed by atoms with Gasteiger partial charge < -0.3 is 5.73 Å². The van der Waals surface area contributed by atoms with Crippen molar-refractivity contribution >= 4 is 11.7 Å². The molecule has 3 rings (SSSR count). The second-order valence-electron chi connectivity index (χ2n) is 5.37. The molecular weight excluding hydrogens is 304 g/mol. The van der Waals surface area contributed by atoms with Gasteiger partial charge in [-0.05, 0) is 36.3 Å². The van der Waals surface area contributed by atoms with Crippen molar-refractivity contribution in [2.75, 3.05) is 5.01 Å². The normalized spacial score (nSPS) is 16.8. The largest absolute Gasteiger partial charge is 0.351 e. The van der Waals surface area contributed by atoms with Gasteiger partial charge in [0.1, 0.15) is 11.9 Å². The minimum absolute atomic E-state index is 0.229. The molecule has 1 aliphatic rings. The van der Waals surface area contributed by atoms with Gasteiger partial charge in [0, 0.05) is 12.4 Å². The standard InChI is InChI=1S/C17H16N6O/c1-11-15(13-7-12(8-18)9-20-10-13)22-23(16(11)21-17(19)24)14-5-3-2-4-6-14/h2-7,9-10,15,22H,1H3,(H3,19,21,24). The fraction of sp³-hybridized carbons (Fsp3) is 0.118. The van der Waals surface area contributed by atoms with E-state index in [1.54, 1.807) is 17.3 Å². The van der Waals surface area contributed by atoms with E-state index in [1.807, 2.05) is 37.3 Å². The summed E-state index contributed by atoms with van der Waals surface area (Å²) in [7, 11) is 0. The molecule has 0 saturated heterocycles. The summed E-state index contributed by atoms with van der Waals surface area (Å²) in [5.41, 5.74) is 11.7. The van der Waals surface area contributed by atoms with Gasteiger partial charge in [-0.3, -0.25) is 15.3 Å². The topological polar surface area (TPSA) is 107 Å². The number of aromatic nitrogens is 1. The van der Waals surface area contributed by atoms with Gasteiger partial charge in [0.2, 0.25) is 0 Å². The molecular formula is C17H16N6O. The predicted molar refractivity (Wildman–Crippen MR) is 89.2 cm³/mol. The zero-order valence-corrected chi connectivity index (χ0v) is 13.0. The van der Waals surface area contributed by atoms with Crippen LogP contribution in [0.1, 0.15) is 24.1 Å². The Hall–Kier alpha value is -3.37. The summed E-state index contributed by atoms with van der Waals surface area (Å²) in [5, 5.41) is 13.5. The smallest absolute Gasteiger partial charge is 0.317 e. The average Bonchev–Trinajstić information content (AvgIpc) is 2.92. The van der Waals surface area contributed by atoms with Crippen molar-refractivity contribution in [1.82, 2.24) is 15.7 Å². The molecule has 0 radical (unpaired) electrons. The molecule has 0 bridgehead atoms. The summed E-state index contributed by atoms with van der Waals surface area (Å²) in [6.45, 7) is 1.89. The Bertz CT molecular complexity index is 840.